The Kier molecular flexibility index (Phi) is 5.20. The van der Waals surface area contributed by atoms with Crippen molar-refractivity contribution in [3.8, 4) is 11.5 Å². The number of ether oxygens (including phenoxy) is 3. The molecule has 0 radical (unpaired) electrons. The van der Waals surface area contributed by atoms with E-state index in [2.05, 4.69) is 20.9 Å². The maximum absolute atomic E-state index is 6.17. The molecule has 0 aliphatic carbocycles. The van der Waals surface area contributed by atoms with E-state index < -0.39 is 0 Å². The summed E-state index contributed by atoms with van der Waals surface area (Å²) < 4.78 is 17.0. The van der Waals surface area contributed by atoms with Gasteiger partial charge in [-0.2, -0.15) is 0 Å². The third-order valence-electron chi connectivity index (χ3n) is 5.15. The zero-order chi connectivity index (χ0) is 17.8. The van der Waals surface area contributed by atoms with Crippen molar-refractivity contribution in [1.29, 1.82) is 0 Å². The first-order valence-electron chi connectivity index (χ1n) is 9.28. The van der Waals surface area contributed by atoms with Gasteiger partial charge in [0.15, 0.2) is 11.5 Å². The van der Waals surface area contributed by atoms with Crippen LogP contribution in [0.5, 0.6) is 11.5 Å². The predicted octanol–water partition coefficient (Wildman–Crippen LogP) is 3.04. The van der Waals surface area contributed by atoms with Gasteiger partial charge < -0.3 is 19.1 Å². The maximum atomic E-state index is 6.17. The average Bonchev–Trinajstić information content (AvgIpc) is 3.24. The molecule has 2 fully saturated rings. The number of para-hydroxylation sites is 2. The predicted molar refractivity (Wildman–Crippen MR) is 99.1 cm³/mol. The number of nitrogens with zero attached hydrogens (tertiary/aromatic N) is 3. The van der Waals surface area contributed by atoms with Crippen LogP contribution in [0, 0.1) is 0 Å². The molecular formula is C20H25N3O3. The zero-order valence-corrected chi connectivity index (χ0v) is 15.1. The lowest BCUT2D eigenvalue weighted by Crippen LogP contribution is -2.38. The monoisotopic (exact) mass is 355 g/mol. The van der Waals surface area contributed by atoms with Crippen LogP contribution in [0.3, 0.4) is 0 Å². The third kappa shape index (κ3) is 3.75. The quantitative estimate of drug-likeness (QED) is 0.822. The largest absolute Gasteiger partial charge is 0.493 e. The van der Waals surface area contributed by atoms with Crippen LogP contribution in [0.25, 0.3) is 0 Å². The topological polar surface area (TPSA) is 56.7 Å². The summed E-state index contributed by atoms with van der Waals surface area (Å²) in [7, 11) is 1.67. The van der Waals surface area contributed by atoms with Crippen LogP contribution in [0.15, 0.2) is 36.7 Å². The van der Waals surface area contributed by atoms with Gasteiger partial charge in [-0.1, -0.05) is 12.1 Å². The van der Waals surface area contributed by atoms with Crippen molar-refractivity contribution in [1.82, 2.24) is 9.97 Å². The van der Waals surface area contributed by atoms with E-state index in [9.17, 15) is 0 Å². The van der Waals surface area contributed by atoms with E-state index in [-0.39, 0.29) is 6.10 Å². The Bertz CT molecular complexity index is 726. The lowest BCUT2D eigenvalue weighted by molar-refractivity contribution is 0.164. The van der Waals surface area contributed by atoms with Crippen molar-refractivity contribution in [3.63, 3.8) is 0 Å². The smallest absolute Gasteiger partial charge is 0.161 e. The van der Waals surface area contributed by atoms with Crippen molar-refractivity contribution in [2.45, 2.75) is 31.3 Å². The zero-order valence-electron chi connectivity index (χ0n) is 15.1. The molecule has 2 aliphatic rings. The minimum Gasteiger partial charge on any atom is -0.493 e. The van der Waals surface area contributed by atoms with Crippen molar-refractivity contribution < 1.29 is 14.2 Å². The Morgan fingerprint density at radius 3 is 2.62 bits per heavy atom. The van der Waals surface area contributed by atoms with Crippen LogP contribution in [0.1, 0.15) is 30.9 Å². The highest BCUT2D eigenvalue weighted by Gasteiger charge is 2.24. The molecule has 1 aromatic carbocycles. The summed E-state index contributed by atoms with van der Waals surface area (Å²) in [6.45, 7) is 3.45. The molecule has 1 aromatic heterocycles. The second-order valence-corrected chi connectivity index (χ2v) is 6.82. The van der Waals surface area contributed by atoms with Crippen molar-refractivity contribution >= 4 is 5.82 Å². The number of hydrogen-bond donors (Lipinski definition) is 0. The Labute approximate surface area is 154 Å². The summed E-state index contributed by atoms with van der Waals surface area (Å²) in [4.78, 5) is 11.3. The van der Waals surface area contributed by atoms with Crippen LogP contribution in [-0.4, -0.2) is 49.5 Å². The van der Waals surface area contributed by atoms with Gasteiger partial charge in [-0.05, 0) is 18.6 Å². The molecular weight excluding hydrogens is 330 g/mol. The standard InChI is InChI=1S/C20H25N3O3/c1-24-18-4-2-3-5-19(18)26-16-6-9-23(10-7-16)20-12-17(21-14-22-20)15-8-11-25-13-15/h2-5,12,14-16H,6-11,13H2,1H3. The molecule has 2 saturated heterocycles. The highest BCUT2D eigenvalue weighted by molar-refractivity contribution is 5.41. The summed E-state index contributed by atoms with van der Waals surface area (Å²) in [6.07, 6.45) is 4.85. The number of benzene rings is 1. The molecule has 26 heavy (non-hydrogen) atoms. The second-order valence-electron chi connectivity index (χ2n) is 6.82. The number of piperidine rings is 1. The highest BCUT2D eigenvalue weighted by Crippen LogP contribution is 2.30. The van der Waals surface area contributed by atoms with Crippen LogP contribution < -0.4 is 14.4 Å². The van der Waals surface area contributed by atoms with E-state index in [1.165, 1.54) is 0 Å². The average molecular weight is 355 g/mol. The van der Waals surface area contributed by atoms with Gasteiger partial charge in [0.2, 0.25) is 0 Å². The fourth-order valence-electron chi connectivity index (χ4n) is 3.62. The minimum atomic E-state index is 0.201. The summed E-state index contributed by atoms with van der Waals surface area (Å²) in [5, 5.41) is 0. The number of aromatic nitrogens is 2. The van der Waals surface area contributed by atoms with Gasteiger partial charge >= 0.3 is 0 Å². The van der Waals surface area contributed by atoms with Gasteiger partial charge in [0.05, 0.1) is 19.4 Å². The molecule has 0 N–H and O–H groups in total. The van der Waals surface area contributed by atoms with E-state index in [4.69, 9.17) is 14.2 Å². The van der Waals surface area contributed by atoms with Gasteiger partial charge in [-0.15, -0.1) is 0 Å². The number of rotatable bonds is 5. The van der Waals surface area contributed by atoms with Gasteiger partial charge in [-0.25, -0.2) is 9.97 Å². The fraction of sp³-hybridized carbons (Fsp3) is 0.500. The first-order chi connectivity index (χ1) is 12.8. The molecule has 0 bridgehead atoms. The van der Waals surface area contributed by atoms with Crippen LogP contribution in [0.2, 0.25) is 0 Å². The summed E-state index contributed by atoms with van der Waals surface area (Å²) in [5.41, 5.74) is 1.10. The summed E-state index contributed by atoms with van der Waals surface area (Å²) in [6, 6.07) is 9.95. The van der Waals surface area contributed by atoms with Crippen LogP contribution >= 0.6 is 0 Å². The third-order valence-corrected chi connectivity index (χ3v) is 5.15. The van der Waals surface area contributed by atoms with Gasteiger partial charge in [0, 0.05) is 44.5 Å². The molecule has 0 amide bonds. The number of methoxy groups -OCH3 is 1. The number of anilines is 1. The number of hydrogen-bond acceptors (Lipinski definition) is 6. The fourth-order valence-corrected chi connectivity index (χ4v) is 3.62. The van der Waals surface area contributed by atoms with E-state index >= 15 is 0 Å². The molecule has 138 valence electrons. The first-order valence-corrected chi connectivity index (χ1v) is 9.28. The summed E-state index contributed by atoms with van der Waals surface area (Å²) in [5.74, 6) is 3.02. The molecule has 2 aromatic rings. The Morgan fingerprint density at radius 1 is 1.08 bits per heavy atom. The van der Waals surface area contributed by atoms with Crippen LogP contribution in [-0.2, 0) is 4.74 Å². The van der Waals surface area contributed by atoms with Gasteiger partial charge in [0.1, 0.15) is 18.2 Å². The summed E-state index contributed by atoms with van der Waals surface area (Å²) >= 11 is 0. The van der Waals surface area contributed by atoms with Gasteiger partial charge in [-0.3, -0.25) is 0 Å². The molecule has 0 saturated carbocycles. The van der Waals surface area contributed by atoms with E-state index in [0.29, 0.717) is 5.92 Å². The molecule has 3 heterocycles. The lowest BCUT2D eigenvalue weighted by Gasteiger charge is -2.33. The highest BCUT2D eigenvalue weighted by atomic mass is 16.5. The van der Waals surface area contributed by atoms with Crippen molar-refractivity contribution in [2.75, 3.05) is 38.3 Å². The first kappa shape index (κ1) is 17.1. The maximum Gasteiger partial charge on any atom is 0.161 e. The van der Waals surface area contributed by atoms with Crippen molar-refractivity contribution in [3.05, 3.63) is 42.4 Å². The van der Waals surface area contributed by atoms with Gasteiger partial charge in [0.25, 0.3) is 0 Å². The molecule has 0 spiro atoms. The Morgan fingerprint density at radius 2 is 1.88 bits per heavy atom. The molecule has 1 unspecified atom stereocenters. The molecule has 6 heteroatoms. The lowest BCUT2D eigenvalue weighted by atomic mass is 10.0. The van der Waals surface area contributed by atoms with E-state index in [1.54, 1.807) is 13.4 Å². The second kappa shape index (κ2) is 7.91. The van der Waals surface area contributed by atoms with Crippen LogP contribution in [0.4, 0.5) is 5.82 Å². The van der Waals surface area contributed by atoms with E-state index in [1.807, 2.05) is 24.3 Å². The Hall–Kier alpha value is -2.34. The molecule has 4 rings (SSSR count). The SMILES string of the molecule is COc1ccccc1OC1CCN(c2cc(C3CCOC3)ncn2)CC1. The van der Waals surface area contributed by atoms with Crippen molar-refractivity contribution in [2.24, 2.45) is 0 Å². The molecule has 2 aliphatic heterocycles. The minimum absolute atomic E-state index is 0.201. The van der Waals surface area contributed by atoms with E-state index in [0.717, 1.165) is 68.6 Å². The normalized spacial score (nSPS) is 21.0. The Balaban J connectivity index is 1.37. The molecule has 1 atom stereocenters. The molecule has 6 nitrogen and oxygen atoms in total.